The van der Waals surface area contributed by atoms with Gasteiger partial charge in [-0.2, -0.15) is 0 Å². The lowest BCUT2D eigenvalue weighted by Gasteiger charge is -2.23. The van der Waals surface area contributed by atoms with Crippen molar-refractivity contribution < 1.29 is 17.9 Å². The predicted octanol–water partition coefficient (Wildman–Crippen LogP) is 3.56. The summed E-state index contributed by atoms with van der Waals surface area (Å²) in [5, 5.41) is 2.72. The van der Waals surface area contributed by atoms with Crippen molar-refractivity contribution in [3.63, 3.8) is 0 Å². The summed E-state index contributed by atoms with van der Waals surface area (Å²) in [5.74, 6) is 0.344. The van der Waals surface area contributed by atoms with E-state index in [-0.39, 0.29) is 24.4 Å². The van der Waals surface area contributed by atoms with E-state index >= 15 is 0 Å². The summed E-state index contributed by atoms with van der Waals surface area (Å²) in [7, 11) is -3.60. The second kappa shape index (κ2) is 9.51. The van der Waals surface area contributed by atoms with Gasteiger partial charge < -0.3 is 10.1 Å². The van der Waals surface area contributed by atoms with Crippen LogP contribution in [-0.4, -0.2) is 40.3 Å². The van der Waals surface area contributed by atoms with Crippen LogP contribution in [0, 0.1) is 13.8 Å². The van der Waals surface area contributed by atoms with E-state index in [0.29, 0.717) is 12.3 Å². The van der Waals surface area contributed by atoms with Crippen molar-refractivity contribution in [3.05, 3.63) is 59.2 Å². The molecule has 0 aromatic heterocycles. The number of rotatable bonds is 8. The van der Waals surface area contributed by atoms with Crippen molar-refractivity contribution in [3.8, 4) is 5.75 Å². The molecule has 164 valence electrons. The Morgan fingerprint density at radius 2 is 1.60 bits per heavy atom. The van der Waals surface area contributed by atoms with Crippen molar-refractivity contribution in [1.82, 2.24) is 5.32 Å². The maximum atomic E-state index is 12.3. The second-order valence-corrected chi connectivity index (χ2v) is 10.5. The molecule has 0 radical (unpaired) electrons. The van der Waals surface area contributed by atoms with Crippen LogP contribution in [0.4, 0.5) is 5.69 Å². The molecule has 2 aromatic carbocycles. The van der Waals surface area contributed by atoms with Gasteiger partial charge in [0, 0.05) is 0 Å². The molecular weight excluding hydrogens is 400 g/mol. The lowest BCUT2D eigenvalue weighted by Crippen LogP contribution is -2.41. The lowest BCUT2D eigenvalue weighted by atomic mass is 9.87. The maximum Gasteiger partial charge on any atom is 0.240 e. The van der Waals surface area contributed by atoms with Gasteiger partial charge in [0.1, 0.15) is 18.9 Å². The van der Waals surface area contributed by atoms with E-state index in [9.17, 15) is 13.2 Å². The van der Waals surface area contributed by atoms with Gasteiger partial charge in [-0.25, -0.2) is 8.42 Å². The number of amides is 1. The highest BCUT2D eigenvalue weighted by molar-refractivity contribution is 7.92. The van der Waals surface area contributed by atoms with Gasteiger partial charge in [-0.3, -0.25) is 9.10 Å². The standard InChI is InChI=1S/C23H32N2O4S/c1-17-13-18(2)15-20(14-17)25(30(6,27)28)16-22(26)24-11-12-29-21-9-7-19(8-10-21)23(3,4)5/h7-10,13-15H,11-12,16H2,1-6H3,(H,24,26). The van der Waals surface area contributed by atoms with Crippen molar-refractivity contribution >= 4 is 21.6 Å². The summed E-state index contributed by atoms with van der Waals surface area (Å²) in [6, 6.07) is 13.3. The van der Waals surface area contributed by atoms with Crippen LogP contribution in [0.2, 0.25) is 0 Å². The number of nitrogens with zero attached hydrogens (tertiary/aromatic N) is 1. The minimum Gasteiger partial charge on any atom is -0.492 e. The number of aryl methyl sites for hydroxylation is 2. The van der Waals surface area contributed by atoms with Crippen molar-refractivity contribution in [2.45, 2.75) is 40.0 Å². The molecule has 6 nitrogen and oxygen atoms in total. The maximum absolute atomic E-state index is 12.3. The molecule has 0 aliphatic carbocycles. The Hall–Kier alpha value is -2.54. The van der Waals surface area contributed by atoms with E-state index in [1.54, 1.807) is 12.1 Å². The van der Waals surface area contributed by atoms with Crippen molar-refractivity contribution in [2.75, 3.05) is 30.3 Å². The molecule has 0 saturated heterocycles. The molecule has 1 amide bonds. The van der Waals surface area contributed by atoms with Gasteiger partial charge in [-0.1, -0.05) is 39.0 Å². The zero-order chi connectivity index (χ0) is 22.5. The quantitative estimate of drug-likeness (QED) is 0.647. The molecule has 30 heavy (non-hydrogen) atoms. The SMILES string of the molecule is Cc1cc(C)cc(N(CC(=O)NCCOc2ccc(C(C)(C)C)cc2)S(C)(=O)=O)c1. The Morgan fingerprint density at radius 3 is 2.10 bits per heavy atom. The molecule has 0 spiro atoms. The van der Waals surface area contributed by atoms with Crippen LogP contribution in [0.15, 0.2) is 42.5 Å². The first kappa shape index (κ1) is 23.7. The van der Waals surface area contributed by atoms with Crippen molar-refractivity contribution in [2.24, 2.45) is 0 Å². The molecule has 0 heterocycles. The van der Waals surface area contributed by atoms with Crippen LogP contribution in [0.5, 0.6) is 5.75 Å². The number of nitrogens with one attached hydrogen (secondary N) is 1. The Labute approximate surface area is 180 Å². The van der Waals surface area contributed by atoms with E-state index in [0.717, 1.165) is 27.4 Å². The Bertz CT molecular complexity index is 957. The number of ether oxygens (including phenoxy) is 1. The monoisotopic (exact) mass is 432 g/mol. The van der Waals surface area contributed by atoms with E-state index < -0.39 is 10.0 Å². The molecule has 0 unspecified atom stereocenters. The van der Waals surface area contributed by atoms with Gasteiger partial charge in [0.25, 0.3) is 0 Å². The largest absolute Gasteiger partial charge is 0.492 e. The van der Waals surface area contributed by atoms with Crippen molar-refractivity contribution in [1.29, 1.82) is 0 Å². The van der Waals surface area contributed by atoms with E-state index in [1.165, 1.54) is 5.56 Å². The molecule has 7 heteroatoms. The first-order valence-electron chi connectivity index (χ1n) is 9.92. The number of carbonyl (C=O) groups excluding carboxylic acids is 1. The minimum absolute atomic E-state index is 0.0772. The first-order chi connectivity index (χ1) is 13.9. The molecule has 2 aromatic rings. The summed E-state index contributed by atoms with van der Waals surface area (Å²) in [5.41, 5.74) is 3.65. The van der Waals surface area contributed by atoms with Gasteiger partial charge in [0.15, 0.2) is 0 Å². The van der Waals surface area contributed by atoms with Crippen LogP contribution < -0.4 is 14.4 Å². The highest BCUT2D eigenvalue weighted by atomic mass is 32.2. The topological polar surface area (TPSA) is 75.7 Å². The zero-order valence-electron chi connectivity index (χ0n) is 18.7. The van der Waals surface area contributed by atoms with E-state index in [2.05, 4.69) is 26.1 Å². The minimum atomic E-state index is -3.60. The molecule has 2 rings (SSSR count). The molecule has 0 aliphatic rings. The summed E-state index contributed by atoms with van der Waals surface area (Å²) in [6.07, 6.45) is 1.10. The summed E-state index contributed by atoms with van der Waals surface area (Å²) in [4.78, 5) is 12.3. The molecule has 0 fully saturated rings. The van der Waals surface area contributed by atoms with Gasteiger partial charge in [0.05, 0.1) is 18.5 Å². The molecule has 0 atom stereocenters. The number of sulfonamides is 1. The molecule has 0 saturated carbocycles. The Morgan fingerprint density at radius 1 is 1.03 bits per heavy atom. The van der Waals surface area contributed by atoms with Crippen LogP contribution in [0.25, 0.3) is 0 Å². The van der Waals surface area contributed by atoms with Crippen LogP contribution in [0.3, 0.4) is 0 Å². The first-order valence-corrected chi connectivity index (χ1v) is 11.8. The van der Waals surface area contributed by atoms with E-state index in [4.69, 9.17) is 4.74 Å². The predicted molar refractivity (Wildman–Crippen MR) is 122 cm³/mol. The third kappa shape index (κ3) is 7.06. The van der Waals surface area contributed by atoms with Crippen LogP contribution in [0.1, 0.15) is 37.5 Å². The van der Waals surface area contributed by atoms with Gasteiger partial charge in [0.2, 0.25) is 15.9 Å². The molecule has 0 aliphatic heterocycles. The second-order valence-electron chi connectivity index (χ2n) is 8.59. The Kier molecular flexibility index (Phi) is 7.53. The molecule has 0 bridgehead atoms. The Balaban J connectivity index is 1.90. The normalized spacial score (nSPS) is 11.8. The fourth-order valence-electron chi connectivity index (χ4n) is 3.09. The lowest BCUT2D eigenvalue weighted by molar-refractivity contribution is -0.119. The number of hydrogen-bond acceptors (Lipinski definition) is 4. The number of hydrogen-bond donors (Lipinski definition) is 1. The van der Waals surface area contributed by atoms with Crippen LogP contribution in [-0.2, 0) is 20.2 Å². The smallest absolute Gasteiger partial charge is 0.240 e. The van der Waals surface area contributed by atoms with E-state index in [1.807, 2.05) is 44.2 Å². The van der Waals surface area contributed by atoms with Gasteiger partial charge in [-0.15, -0.1) is 0 Å². The third-order valence-electron chi connectivity index (χ3n) is 4.60. The van der Waals surface area contributed by atoms with Crippen LogP contribution >= 0.6 is 0 Å². The average molecular weight is 433 g/mol. The zero-order valence-corrected chi connectivity index (χ0v) is 19.5. The molecular formula is C23H32N2O4S. The summed E-state index contributed by atoms with van der Waals surface area (Å²) < 4.78 is 31.2. The highest BCUT2D eigenvalue weighted by Crippen LogP contribution is 2.24. The fourth-order valence-corrected chi connectivity index (χ4v) is 3.93. The summed E-state index contributed by atoms with van der Waals surface area (Å²) >= 11 is 0. The fraction of sp³-hybridized carbons (Fsp3) is 0.435. The van der Waals surface area contributed by atoms with Gasteiger partial charge >= 0.3 is 0 Å². The highest BCUT2D eigenvalue weighted by Gasteiger charge is 2.21. The number of benzene rings is 2. The third-order valence-corrected chi connectivity index (χ3v) is 5.74. The number of anilines is 1. The average Bonchev–Trinajstić information content (AvgIpc) is 2.61. The number of carbonyl (C=O) groups is 1. The van der Waals surface area contributed by atoms with Gasteiger partial charge in [-0.05, 0) is 60.2 Å². The molecule has 1 N–H and O–H groups in total. The summed E-state index contributed by atoms with van der Waals surface area (Å²) in [6.45, 7) is 10.5.